The third kappa shape index (κ3) is 4.31. The second-order valence-electron chi connectivity index (χ2n) is 4.56. The average molecular weight is 354 g/mol. The molecule has 1 saturated heterocycles. The first-order chi connectivity index (χ1) is 8.97. The molecule has 0 amide bonds. The third-order valence-corrected chi connectivity index (χ3v) is 4.97. The van der Waals surface area contributed by atoms with Gasteiger partial charge in [0.25, 0.3) is 0 Å². The topological polar surface area (TPSA) is 12.0 Å². The van der Waals surface area contributed by atoms with E-state index in [1.807, 2.05) is 11.8 Å². The summed E-state index contributed by atoms with van der Waals surface area (Å²) in [5.74, 6) is 1.11. The molecule has 1 heterocycles. The smallest absolute Gasteiger partial charge is 0.383 e. The molecule has 106 valence electrons. The van der Waals surface area contributed by atoms with Gasteiger partial charge in [-0.15, -0.1) is 0 Å². The molecule has 0 saturated carbocycles. The highest BCUT2D eigenvalue weighted by Gasteiger charge is 2.33. The second-order valence-corrected chi connectivity index (χ2v) is 6.88. The van der Waals surface area contributed by atoms with Gasteiger partial charge in [0.1, 0.15) is 0 Å². The molecule has 1 aromatic carbocycles. The van der Waals surface area contributed by atoms with E-state index in [-0.39, 0.29) is 5.69 Å². The number of hydrogen-bond acceptors (Lipinski definition) is 2. The van der Waals surface area contributed by atoms with Gasteiger partial charge in [-0.25, -0.2) is 0 Å². The highest BCUT2D eigenvalue weighted by molar-refractivity contribution is 9.10. The number of nitrogens with one attached hydrogen (secondary N) is 1. The summed E-state index contributed by atoms with van der Waals surface area (Å²) in [6.45, 7) is 0.588. The van der Waals surface area contributed by atoms with Gasteiger partial charge in [-0.05, 0) is 36.8 Å². The first-order valence-electron chi connectivity index (χ1n) is 6.19. The minimum atomic E-state index is -4.32. The molecule has 0 bridgehead atoms. The first-order valence-corrected chi connectivity index (χ1v) is 8.03. The normalized spacial score (nSPS) is 20.3. The molecule has 2 rings (SSSR count). The van der Waals surface area contributed by atoms with Crippen LogP contribution in [0.2, 0.25) is 0 Å². The van der Waals surface area contributed by atoms with Crippen LogP contribution in [0.1, 0.15) is 24.8 Å². The molecule has 1 atom stereocenters. The molecule has 19 heavy (non-hydrogen) atoms. The SMILES string of the molecule is FC(F)(F)c1ccc(Br)cc1NCC1CCCCS1. The van der Waals surface area contributed by atoms with E-state index in [0.29, 0.717) is 16.3 Å². The number of anilines is 1. The Kier molecular flexibility index (Phi) is 5.06. The summed E-state index contributed by atoms with van der Waals surface area (Å²) >= 11 is 5.06. The summed E-state index contributed by atoms with van der Waals surface area (Å²) in [7, 11) is 0. The van der Waals surface area contributed by atoms with Gasteiger partial charge in [0, 0.05) is 22.0 Å². The van der Waals surface area contributed by atoms with Gasteiger partial charge in [-0.2, -0.15) is 24.9 Å². The molecule has 6 heteroatoms. The molecule has 1 aliphatic heterocycles. The van der Waals surface area contributed by atoms with Crippen LogP contribution in [0.5, 0.6) is 0 Å². The van der Waals surface area contributed by atoms with E-state index in [1.54, 1.807) is 0 Å². The number of benzene rings is 1. The number of halogens is 4. The Morgan fingerprint density at radius 3 is 2.74 bits per heavy atom. The summed E-state index contributed by atoms with van der Waals surface area (Å²) in [5.41, 5.74) is -0.440. The monoisotopic (exact) mass is 353 g/mol. The van der Waals surface area contributed by atoms with Gasteiger partial charge >= 0.3 is 6.18 Å². The number of hydrogen-bond donors (Lipinski definition) is 1. The summed E-state index contributed by atoms with van der Waals surface area (Å²) in [4.78, 5) is 0. The van der Waals surface area contributed by atoms with Crippen LogP contribution in [0.4, 0.5) is 18.9 Å². The third-order valence-electron chi connectivity index (χ3n) is 3.08. The Labute approximate surface area is 123 Å². The molecule has 0 radical (unpaired) electrons. The number of alkyl halides is 3. The van der Waals surface area contributed by atoms with Crippen LogP contribution in [0.15, 0.2) is 22.7 Å². The molecule has 1 N–H and O–H groups in total. The van der Waals surface area contributed by atoms with E-state index in [4.69, 9.17) is 0 Å². The zero-order chi connectivity index (χ0) is 13.9. The summed E-state index contributed by atoms with van der Waals surface area (Å²) < 4.78 is 39.3. The van der Waals surface area contributed by atoms with Gasteiger partial charge in [0.05, 0.1) is 5.56 Å². The Balaban J connectivity index is 2.07. The van der Waals surface area contributed by atoms with Crippen LogP contribution >= 0.6 is 27.7 Å². The maximum Gasteiger partial charge on any atom is 0.418 e. The predicted molar refractivity (Wildman–Crippen MR) is 77.7 cm³/mol. The minimum Gasteiger partial charge on any atom is -0.383 e. The van der Waals surface area contributed by atoms with Crippen molar-refractivity contribution in [1.82, 2.24) is 0 Å². The Morgan fingerprint density at radius 1 is 1.32 bits per heavy atom. The van der Waals surface area contributed by atoms with Gasteiger partial charge < -0.3 is 5.32 Å². The predicted octanol–water partition coefficient (Wildman–Crippen LogP) is 5.17. The van der Waals surface area contributed by atoms with Crippen molar-refractivity contribution >= 4 is 33.4 Å². The maximum atomic E-state index is 12.9. The van der Waals surface area contributed by atoms with Gasteiger partial charge in [0.15, 0.2) is 0 Å². The number of rotatable bonds is 3. The van der Waals surface area contributed by atoms with Crippen LogP contribution in [-0.4, -0.2) is 17.5 Å². The fourth-order valence-electron chi connectivity index (χ4n) is 2.10. The molecule has 0 spiro atoms. The van der Waals surface area contributed by atoms with Crippen molar-refractivity contribution in [3.8, 4) is 0 Å². The lowest BCUT2D eigenvalue weighted by Crippen LogP contribution is -2.21. The maximum absolute atomic E-state index is 12.9. The van der Waals surface area contributed by atoms with Crippen LogP contribution in [-0.2, 0) is 6.18 Å². The van der Waals surface area contributed by atoms with Crippen molar-refractivity contribution in [2.75, 3.05) is 17.6 Å². The van der Waals surface area contributed by atoms with E-state index in [1.165, 1.54) is 25.0 Å². The molecule has 1 aliphatic rings. The standard InChI is InChI=1S/C13H15BrF3NS/c14-9-4-5-11(13(15,16)17)12(7-9)18-8-10-3-1-2-6-19-10/h4-5,7,10,18H,1-3,6,8H2. The minimum absolute atomic E-state index is 0.160. The Morgan fingerprint density at radius 2 is 2.11 bits per heavy atom. The average Bonchev–Trinajstić information content (AvgIpc) is 2.36. The van der Waals surface area contributed by atoms with Crippen molar-refractivity contribution in [3.05, 3.63) is 28.2 Å². The highest BCUT2D eigenvalue weighted by Crippen LogP contribution is 2.36. The van der Waals surface area contributed by atoms with Crippen LogP contribution in [0, 0.1) is 0 Å². The highest BCUT2D eigenvalue weighted by atomic mass is 79.9. The number of thioether (sulfide) groups is 1. The summed E-state index contributed by atoms with van der Waals surface area (Å²) in [6.07, 6.45) is -0.856. The molecule has 0 aromatic heterocycles. The summed E-state index contributed by atoms with van der Waals surface area (Å²) in [6, 6.07) is 4.03. The zero-order valence-electron chi connectivity index (χ0n) is 10.3. The van der Waals surface area contributed by atoms with Crippen molar-refractivity contribution in [2.45, 2.75) is 30.7 Å². The van der Waals surface area contributed by atoms with Gasteiger partial charge in [0.2, 0.25) is 0 Å². The van der Waals surface area contributed by atoms with Crippen LogP contribution in [0.3, 0.4) is 0 Å². The quantitative estimate of drug-likeness (QED) is 0.804. The lowest BCUT2D eigenvalue weighted by Gasteiger charge is -2.23. The lowest BCUT2D eigenvalue weighted by atomic mass is 10.1. The fourth-order valence-corrected chi connectivity index (χ4v) is 3.70. The molecule has 0 aliphatic carbocycles. The lowest BCUT2D eigenvalue weighted by molar-refractivity contribution is -0.136. The molecule has 1 unspecified atom stereocenters. The zero-order valence-corrected chi connectivity index (χ0v) is 12.7. The van der Waals surface area contributed by atoms with Crippen molar-refractivity contribution in [1.29, 1.82) is 0 Å². The van der Waals surface area contributed by atoms with Gasteiger partial charge in [-0.3, -0.25) is 0 Å². The van der Waals surface area contributed by atoms with Crippen molar-refractivity contribution < 1.29 is 13.2 Å². The van der Waals surface area contributed by atoms with E-state index in [9.17, 15) is 13.2 Å². The molecular weight excluding hydrogens is 339 g/mol. The molecule has 1 aromatic rings. The largest absolute Gasteiger partial charge is 0.418 e. The van der Waals surface area contributed by atoms with E-state index >= 15 is 0 Å². The van der Waals surface area contributed by atoms with E-state index < -0.39 is 11.7 Å². The Bertz CT molecular complexity index is 430. The second kappa shape index (κ2) is 6.39. The Hall–Kier alpha value is -0.360. The molecule has 1 fully saturated rings. The molecule has 1 nitrogen and oxygen atoms in total. The first kappa shape index (κ1) is 15.0. The van der Waals surface area contributed by atoms with E-state index in [2.05, 4.69) is 21.2 Å². The van der Waals surface area contributed by atoms with Crippen LogP contribution in [0.25, 0.3) is 0 Å². The summed E-state index contributed by atoms with van der Waals surface area (Å²) in [5, 5.41) is 3.37. The van der Waals surface area contributed by atoms with Crippen molar-refractivity contribution in [2.24, 2.45) is 0 Å². The van der Waals surface area contributed by atoms with E-state index in [0.717, 1.165) is 18.2 Å². The van der Waals surface area contributed by atoms with Crippen LogP contribution < -0.4 is 5.32 Å². The fraction of sp³-hybridized carbons (Fsp3) is 0.538. The van der Waals surface area contributed by atoms with Crippen molar-refractivity contribution in [3.63, 3.8) is 0 Å². The van der Waals surface area contributed by atoms with Gasteiger partial charge in [-0.1, -0.05) is 22.4 Å². The molecular formula is C13H15BrF3NS.